The third kappa shape index (κ3) is 2.80. The van der Waals surface area contributed by atoms with E-state index in [0.29, 0.717) is 22.3 Å². The molecule has 0 spiro atoms. The fourth-order valence-corrected chi connectivity index (χ4v) is 2.88. The molecular weight excluding hydrogens is 340 g/mol. The zero-order valence-electron chi connectivity index (χ0n) is 13.2. The molecule has 8 heteroatoms. The van der Waals surface area contributed by atoms with E-state index < -0.39 is 6.23 Å². The number of ether oxygens (including phenoxy) is 1. The van der Waals surface area contributed by atoms with Crippen LogP contribution < -0.4 is 10.1 Å². The Kier molecular flexibility index (Phi) is 3.81. The minimum absolute atomic E-state index is 0.188. The number of thioether (sulfide) groups is 1. The monoisotopic (exact) mass is 354 g/mol. The fourth-order valence-electron chi connectivity index (χ4n) is 2.59. The number of nitrogens with one attached hydrogen (secondary N) is 1. The van der Waals surface area contributed by atoms with Crippen LogP contribution in [0.2, 0.25) is 0 Å². The summed E-state index contributed by atoms with van der Waals surface area (Å²) in [6.45, 7) is 0. The van der Waals surface area contributed by atoms with Gasteiger partial charge in [0.05, 0.1) is 0 Å². The molecule has 1 unspecified atom stereocenters. The Labute approximate surface area is 147 Å². The van der Waals surface area contributed by atoms with Crippen LogP contribution in [0.4, 0.5) is 5.69 Å². The third-order valence-electron chi connectivity index (χ3n) is 3.82. The van der Waals surface area contributed by atoms with Gasteiger partial charge in [-0.2, -0.15) is 4.98 Å². The number of para-hydroxylation sites is 1. The van der Waals surface area contributed by atoms with Crippen LogP contribution in [-0.4, -0.2) is 31.7 Å². The van der Waals surface area contributed by atoms with E-state index in [9.17, 15) is 10.2 Å². The summed E-state index contributed by atoms with van der Waals surface area (Å²) >= 11 is 1.37. The standard InChI is InChI=1S/C17H14N4O3S/c1-25-17-19-16-14(20-21-17)10-4-2-3-5-11(10)18-15(24-16)9-6-7-12(22)13(23)8-9/h2-8,15,18,22-23H,1H3. The highest BCUT2D eigenvalue weighted by Crippen LogP contribution is 2.40. The first-order chi connectivity index (χ1) is 12.2. The molecule has 7 nitrogen and oxygen atoms in total. The molecule has 3 N–H and O–H groups in total. The highest BCUT2D eigenvalue weighted by molar-refractivity contribution is 7.98. The highest BCUT2D eigenvalue weighted by Gasteiger charge is 2.26. The van der Waals surface area contributed by atoms with Gasteiger partial charge in [0.25, 0.3) is 0 Å². The van der Waals surface area contributed by atoms with Gasteiger partial charge in [-0.15, -0.1) is 10.2 Å². The topological polar surface area (TPSA) is 100 Å². The zero-order chi connectivity index (χ0) is 17.4. The van der Waals surface area contributed by atoms with Crippen LogP contribution in [0.15, 0.2) is 47.6 Å². The van der Waals surface area contributed by atoms with Gasteiger partial charge < -0.3 is 20.3 Å². The van der Waals surface area contributed by atoms with Crippen LogP contribution in [0.1, 0.15) is 11.8 Å². The number of hydrogen-bond acceptors (Lipinski definition) is 8. The number of aromatic hydroxyl groups is 2. The lowest BCUT2D eigenvalue weighted by atomic mass is 10.1. The van der Waals surface area contributed by atoms with E-state index >= 15 is 0 Å². The summed E-state index contributed by atoms with van der Waals surface area (Å²) in [5.74, 6) is -0.0486. The first kappa shape index (κ1) is 15.5. The average molecular weight is 354 g/mol. The molecule has 0 aliphatic carbocycles. The minimum atomic E-state index is -0.611. The SMILES string of the molecule is CSc1nnc2c(n1)OC(c1ccc(O)c(O)c1)Nc1ccccc1-2. The molecule has 1 aliphatic rings. The maximum Gasteiger partial charge on any atom is 0.247 e. The average Bonchev–Trinajstić information content (AvgIpc) is 2.80. The van der Waals surface area contributed by atoms with E-state index in [4.69, 9.17) is 4.74 Å². The first-order valence-electron chi connectivity index (χ1n) is 7.49. The lowest BCUT2D eigenvalue weighted by molar-refractivity contribution is 0.224. The summed E-state index contributed by atoms with van der Waals surface area (Å²) < 4.78 is 6.03. The van der Waals surface area contributed by atoms with Crippen LogP contribution in [0.5, 0.6) is 17.4 Å². The molecule has 1 aliphatic heterocycles. The lowest BCUT2D eigenvalue weighted by Gasteiger charge is -2.19. The fraction of sp³-hybridized carbons (Fsp3) is 0.118. The van der Waals surface area contributed by atoms with E-state index in [0.717, 1.165) is 11.3 Å². The van der Waals surface area contributed by atoms with Crippen molar-refractivity contribution in [3.05, 3.63) is 48.0 Å². The number of rotatable bonds is 2. The van der Waals surface area contributed by atoms with Crippen LogP contribution >= 0.6 is 11.8 Å². The largest absolute Gasteiger partial charge is 0.504 e. The van der Waals surface area contributed by atoms with Crippen molar-refractivity contribution in [1.29, 1.82) is 0 Å². The maximum atomic E-state index is 9.80. The normalized spacial score (nSPS) is 15.3. The first-order valence-corrected chi connectivity index (χ1v) is 8.71. The van der Waals surface area contributed by atoms with E-state index in [-0.39, 0.29) is 11.5 Å². The maximum absolute atomic E-state index is 9.80. The van der Waals surface area contributed by atoms with Crippen LogP contribution in [0.25, 0.3) is 11.3 Å². The number of hydrogen-bond donors (Lipinski definition) is 3. The van der Waals surface area contributed by atoms with Crippen molar-refractivity contribution in [2.75, 3.05) is 11.6 Å². The Morgan fingerprint density at radius 2 is 1.92 bits per heavy atom. The summed E-state index contributed by atoms with van der Waals surface area (Å²) in [5.41, 5.74) is 2.83. The number of phenolic OH excluding ortho intramolecular Hbond substituents is 2. The molecule has 1 aromatic heterocycles. The second-order valence-electron chi connectivity index (χ2n) is 5.39. The second-order valence-corrected chi connectivity index (χ2v) is 6.16. The molecule has 0 amide bonds. The Hall–Kier alpha value is -3.00. The van der Waals surface area contributed by atoms with Gasteiger partial charge in [-0.05, 0) is 30.5 Å². The number of anilines is 1. The van der Waals surface area contributed by atoms with Crippen molar-refractivity contribution in [2.24, 2.45) is 0 Å². The Morgan fingerprint density at radius 1 is 1.08 bits per heavy atom. The van der Waals surface area contributed by atoms with Crippen molar-refractivity contribution in [3.63, 3.8) is 0 Å². The number of phenols is 2. The van der Waals surface area contributed by atoms with Crippen molar-refractivity contribution >= 4 is 17.4 Å². The summed E-state index contributed by atoms with van der Waals surface area (Å²) in [6, 6.07) is 12.2. The van der Waals surface area contributed by atoms with Gasteiger partial charge in [0, 0.05) is 16.8 Å². The van der Waals surface area contributed by atoms with Crippen molar-refractivity contribution in [3.8, 4) is 28.6 Å². The van der Waals surface area contributed by atoms with Gasteiger partial charge in [0.2, 0.25) is 11.0 Å². The summed E-state index contributed by atoms with van der Waals surface area (Å²) in [4.78, 5) is 4.42. The second kappa shape index (κ2) is 6.14. The highest BCUT2D eigenvalue weighted by atomic mass is 32.2. The number of benzene rings is 2. The van der Waals surface area contributed by atoms with Gasteiger partial charge in [-0.1, -0.05) is 30.0 Å². The minimum Gasteiger partial charge on any atom is -0.504 e. The van der Waals surface area contributed by atoms with Crippen LogP contribution in [0, 0.1) is 0 Å². The van der Waals surface area contributed by atoms with Gasteiger partial charge in [0.15, 0.2) is 23.4 Å². The molecule has 0 bridgehead atoms. The Morgan fingerprint density at radius 3 is 2.72 bits per heavy atom. The van der Waals surface area contributed by atoms with E-state index in [1.807, 2.05) is 30.5 Å². The predicted molar refractivity (Wildman–Crippen MR) is 93.8 cm³/mol. The zero-order valence-corrected chi connectivity index (χ0v) is 14.0. The molecule has 0 radical (unpaired) electrons. The van der Waals surface area contributed by atoms with Gasteiger partial charge in [-0.3, -0.25) is 0 Å². The van der Waals surface area contributed by atoms with Crippen molar-refractivity contribution in [1.82, 2.24) is 15.2 Å². The number of nitrogens with zero attached hydrogens (tertiary/aromatic N) is 3. The molecule has 4 rings (SSSR count). The molecular formula is C17H14N4O3S. The molecule has 0 saturated carbocycles. The van der Waals surface area contributed by atoms with Crippen molar-refractivity contribution in [2.45, 2.75) is 11.4 Å². The number of aromatic nitrogens is 3. The molecule has 126 valence electrons. The molecule has 2 heterocycles. The summed E-state index contributed by atoms with van der Waals surface area (Å²) in [5, 5.41) is 31.5. The van der Waals surface area contributed by atoms with Crippen LogP contribution in [0.3, 0.4) is 0 Å². The Bertz CT molecular complexity index is 951. The quantitative estimate of drug-likeness (QED) is 0.477. The molecule has 25 heavy (non-hydrogen) atoms. The van der Waals surface area contributed by atoms with E-state index in [2.05, 4.69) is 20.5 Å². The summed E-state index contributed by atoms with van der Waals surface area (Å²) in [7, 11) is 0. The van der Waals surface area contributed by atoms with Gasteiger partial charge in [-0.25, -0.2) is 0 Å². The molecule has 2 aromatic carbocycles. The van der Waals surface area contributed by atoms with E-state index in [1.165, 1.54) is 23.9 Å². The molecule has 1 atom stereocenters. The van der Waals surface area contributed by atoms with E-state index in [1.54, 1.807) is 6.07 Å². The molecule has 0 fully saturated rings. The number of fused-ring (bicyclic) bond motifs is 3. The molecule has 0 saturated heterocycles. The van der Waals surface area contributed by atoms with Gasteiger partial charge in [0.1, 0.15) is 0 Å². The predicted octanol–water partition coefficient (Wildman–Crippen LogP) is 3.17. The Balaban J connectivity index is 1.85. The third-order valence-corrected chi connectivity index (χ3v) is 4.36. The van der Waals surface area contributed by atoms with Crippen molar-refractivity contribution < 1.29 is 14.9 Å². The summed E-state index contributed by atoms with van der Waals surface area (Å²) in [6.07, 6.45) is 1.25. The van der Waals surface area contributed by atoms with Crippen LogP contribution in [-0.2, 0) is 0 Å². The smallest absolute Gasteiger partial charge is 0.247 e. The molecule has 3 aromatic rings. The van der Waals surface area contributed by atoms with Gasteiger partial charge >= 0.3 is 0 Å². The lowest BCUT2D eigenvalue weighted by Crippen LogP contribution is -2.17.